The van der Waals surface area contributed by atoms with E-state index in [0.717, 1.165) is 0 Å². The topological polar surface area (TPSA) is 92.4 Å². The van der Waals surface area contributed by atoms with Gasteiger partial charge in [-0.25, -0.2) is 0 Å². The molecule has 1 unspecified atom stereocenters. The van der Waals surface area contributed by atoms with Crippen molar-refractivity contribution in [3.63, 3.8) is 0 Å². The molecule has 0 aromatic heterocycles. The molecule has 0 aliphatic carbocycles. The van der Waals surface area contributed by atoms with Gasteiger partial charge in [-0.1, -0.05) is 6.92 Å². The quantitative estimate of drug-likeness (QED) is 0.545. The zero-order valence-electron chi connectivity index (χ0n) is 7.91. The summed E-state index contributed by atoms with van der Waals surface area (Å²) in [6.45, 7) is 3.69. The van der Waals surface area contributed by atoms with E-state index in [0.29, 0.717) is 6.54 Å². The van der Waals surface area contributed by atoms with Gasteiger partial charge in [0.15, 0.2) is 0 Å². The van der Waals surface area contributed by atoms with E-state index in [4.69, 9.17) is 10.8 Å². The number of aliphatic carboxylic acids is 1. The lowest BCUT2D eigenvalue weighted by molar-refractivity contribution is -0.138. The zero-order chi connectivity index (χ0) is 10.4. The maximum absolute atomic E-state index is 10.9. The highest BCUT2D eigenvalue weighted by Crippen LogP contribution is 1.98. The van der Waals surface area contributed by atoms with Crippen LogP contribution in [0.15, 0.2) is 0 Å². The van der Waals surface area contributed by atoms with Gasteiger partial charge in [0.25, 0.3) is 0 Å². The van der Waals surface area contributed by atoms with Crippen molar-refractivity contribution in [1.29, 1.82) is 0 Å². The summed E-state index contributed by atoms with van der Waals surface area (Å²) < 4.78 is 0. The summed E-state index contributed by atoms with van der Waals surface area (Å²) in [5, 5.41) is 11.0. The van der Waals surface area contributed by atoms with Crippen LogP contribution in [0.3, 0.4) is 0 Å². The summed E-state index contributed by atoms with van der Waals surface area (Å²) in [6, 6.07) is -0.544. The minimum atomic E-state index is -0.859. The first-order chi connectivity index (χ1) is 5.93. The van der Waals surface area contributed by atoms with Gasteiger partial charge in [0, 0.05) is 13.0 Å². The maximum Gasteiger partial charge on any atom is 0.303 e. The predicted molar refractivity (Wildman–Crippen MR) is 48.1 cm³/mol. The lowest BCUT2D eigenvalue weighted by Gasteiger charge is -2.11. The molecule has 0 fully saturated rings. The number of rotatable bonds is 5. The number of carboxylic acid groups (broad SMARTS) is 1. The molecule has 0 bridgehead atoms. The van der Waals surface area contributed by atoms with Crippen molar-refractivity contribution in [2.45, 2.75) is 26.3 Å². The minimum absolute atomic E-state index is 0.0548. The molecule has 0 aromatic carbocycles. The minimum Gasteiger partial charge on any atom is -0.481 e. The summed E-state index contributed by atoms with van der Waals surface area (Å²) in [7, 11) is 0. The van der Waals surface area contributed by atoms with Crippen molar-refractivity contribution in [1.82, 2.24) is 5.32 Å². The summed E-state index contributed by atoms with van der Waals surface area (Å²) in [5.41, 5.74) is 5.30. The molecule has 5 heteroatoms. The van der Waals surface area contributed by atoms with E-state index in [1.165, 1.54) is 0 Å². The van der Waals surface area contributed by atoms with Crippen LogP contribution in [0.4, 0.5) is 0 Å². The van der Waals surface area contributed by atoms with Crippen LogP contribution in [0.2, 0.25) is 0 Å². The third-order valence-corrected chi connectivity index (χ3v) is 1.56. The van der Waals surface area contributed by atoms with Crippen LogP contribution < -0.4 is 11.1 Å². The van der Waals surface area contributed by atoms with Crippen LogP contribution in [-0.4, -0.2) is 29.6 Å². The third kappa shape index (κ3) is 6.10. The highest BCUT2D eigenvalue weighted by atomic mass is 16.4. The Kier molecular flexibility index (Phi) is 5.06. The SMILES string of the molecule is CC(CNC(=O)[C@H](C)N)CC(=O)O. The van der Waals surface area contributed by atoms with Crippen molar-refractivity contribution in [2.24, 2.45) is 11.7 Å². The average Bonchev–Trinajstić information content (AvgIpc) is 1.98. The second-order valence-corrected chi connectivity index (χ2v) is 3.24. The Morgan fingerprint density at radius 3 is 2.38 bits per heavy atom. The average molecular weight is 188 g/mol. The molecule has 0 aromatic rings. The van der Waals surface area contributed by atoms with Gasteiger partial charge in [0.1, 0.15) is 0 Å². The molecule has 13 heavy (non-hydrogen) atoms. The molecule has 0 aliphatic heterocycles. The summed E-state index contributed by atoms with van der Waals surface area (Å²) in [4.78, 5) is 21.2. The number of carbonyl (C=O) groups excluding carboxylic acids is 1. The Balaban J connectivity index is 3.63. The van der Waals surface area contributed by atoms with E-state index < -0.39 is 12.0 Å². The Morgan fingerprint density at radius 2 is 2.00 bits per heavy atom. The lowest BCUT2D eigenvalue weighted by Crippen LogP contribution is -2.40. The van der Waals surface area contributed by atoms with Crippen LogP contribution in [0.5, 0.6) is 0 Å². The molecule has 0 heterocycles. The van der Waals surface area contributed by atoms with Gasteiger partial charge in [0.05, 0.1) is 6.04 Å². The van der Waals surface area contributed by atoms with Crippen molar-refractivity contribution in [3.8, 4) is 0 Å². The van der Waals surface area contributed by atoms with Gasteiger partial charge in [0.2, 0.25) is 5.91 Å². The first-order valence-electron chi connectivity index (χ1n) is 4.18. The largest absolute Gasteiger partial charge is 0.481 e. The number of carbonyl (C=O) groups is 2. The van der Waals surface area contributed by atoms with E-state index in [9.17, 15) is 9.59 Å². The Hall–Kier alpha value is -1.10. The number of carboxylic acids is 1. The van der Waals surface area contributed by atoms with Crippen molar-refractivity contribution in [2.75, 3.05) is 6.54 Å². The number of nitrogens with one attached hydrogen (secondary N) is 1. The van der Waals surface area contributed by atoms with E-state index in [1.54, 1.807) is 13.8 Å². The van der Waals surface area contributed by atoms with Crippen molar-refractivity contribution < 1.29 is 14.7 Å². The molecule has 0 saturated heterocycles. The van der Waals surface area contributed by atoms with E-state index in [-0.39, 0.29) is 18.2 Å². The van der Waals surface area contributed by atoms with Gasteiger partial charge >= 0.3 is 5.97 Å². The zero-order valence-corrected chi connectivity index (χ0v) is 7.91. The monoisotopic (exact) mass is 188 g/mol. The predicted octanol–water partition coefficient (Wildman–Crippen LogP) is -0.439. The number of hydrogen-bond acceptors (Lipinski definition) is 3. The van der Waals surface area contributed by atoms with Crippen LogP contribution in [-0.2, 0) is 9.59 Å². The molecule has 0 saturated carbocycles. The highest BCUT2D eigenvalue weighted by molar-refractivity contribution is 5.81. The van der Waals surface area contributed by atoms with E-state index in [1.807, 2.05) is 0 Å². The maximum atomic E-state index is 10.9. The molecule has 0 rings (SSSR count). The lowest BCUT2D eigenvalue weighted by atomic mass is 10.1. The van der Waals surface area contributed by atoms with E-state index in [2.05, 4.69) is 5.32 Å². The molecular formula is C8H16N2O3. The Morgan fingerprint density at radius 1 is 1.46 bits per heavy atom. The number of amides is 1. The summed E-state index contributed by atoms with van der Waals surface area (Å²) >= 11 is 0. The number of hydrogen-bond donors (Lipinski definition) is 3. The van der Waals surface area contributed by atoms with Gasteiger partial charge in [-0.2, -0.15) is 0 Å². The van der Waals surface area contributed by atoms with Gasteiger partial charge in [-0.3, -0.25) is 9.59 Å². The number of nitrogens with two attached hydrogens (primary N) is 1. The molecule has 1 amide bonds. The summed E-state index contributed by atoms with van der Waals surface area (Å²) in [6.07, 6.45) is 0.0548. The van der Waals surface area contributed by atoms with Crippen LogP contribution in [0.1, 0.15) is 20.3 Å². The van der Waals surface area contributed by atoms with Crippen molar-refractivity contribution in [3.05, 3.63) is 0 Å². The molecule has 0 spiro atoms. The molecule has 4 N–H and O–H groups in total. The molecule has 0 radical (unpaired) electrons. The van der Waals surface area contributed by atoms with Crippen LogP contribution >= 0.6 is 0 Å². The highest BCUT2D eigenvalue weighted by Gasteiger charge is 2.11. The van der Waals surface area contributed by atoms with Gasteiger partial charge < -0.3 is 16.2 Å². The second-order valence-electron chi connectivity index (χ2n) is 3.24. The molecule has 5 nitrogen and oxygen atoms in total. The fourth-order valence-electron chi connectivity index (χ4n) is 0.806. The van der Waals surface area contributed by atoms with Gasteiger partial charge in [-0.15, -0.1) is 0 Å². The van der Waals surface area contributed by atoms with E-state index >= 15 is 0 Å². The first kappa shape index (κ1) is 11.9. The fourth-order valence-corrected chi connectivity index (χ4v) is 0.806. The Labute approximate surface area is 77.3 Å². The van der Waals surface area contributed by atoms with Crippen LogP contribution in [0, 0.1) is 5.92 Å². The van der Waals surface area contributed by atoms with Crippen molar-refractivity contribution >= 4 is 11.9 Å². The third-order valence-electron chi connectivity index (χ3n) is 1.56. The standard InChI is InChI=1S/C8H16N2O3/c1-5(3-7(11)12)4-10-8(13)6(2)9/h5-6H,3-4,9H2,1-2H3,(H,10,13)(H,11,12)/t5?,6-/m0/s1. The molecule has 76 valence electrons. The summed E-state index contributed by atoms with van der Waals surface area (Å²) in [5.74, 6) is -1.18. The Bertz CT molecular complexity index is 192. The normalized spacial score (nSPS) is 14.7. The fraction of sp³-hybridized carbons (Fsp3) is 0.750. The molecule has 2 atom stereocenters. The molecule has 0 aliphatic rings. The first-order valence-corrected chi connectivity index (χ1v) is 4.18. The van der Waals surface area contributed by atoms with Gasteiger partial charge in [-0.05, 0) is 12.8 Å². The molecular weight excluding hydrogens is 172 g/mol. The van der Waals surface area contributed by atoms with Crippen LogP contribution in [0.25, 0.3) is 0 Å². The smallest absolute Gasteiger partial charge is 0.303 e. The second kappa shape index (κ2) is 5.53.